The van der Waals surface area contributed by atoms with Crippen LogP contribution in [0, 0.1) is 17.6 Å². The number of rotatable bonds is 4. The van der Waals surface area contributed by atoms with E-state index >= 15 is 0 Å². The Morgan fingerprint density at radius 3 is 2.44 bits per heavy atom. The van der Waals surface area contributed by atoms with E-state index in [1.54, 1.807) is 0 Å². The zero-order valence-corrected chi connectivity index (χ0v) is 10.2. The minimum atomic E-state index is -0.738. The SMILES string of the molecule is CC(C)CC[C@H](N)c1c(F)ccc(Cl)c1F. The zero-order valence-electron chi connectivity index (χ0n) is 9.43. The van der Waals surface area contributed by atoms with Crippen molar-refractivity contribution in [1.82, 2.24) is 0 Å². The third-order valence-corrected chi connectivity index (χ3v) is 2.80. The maximum absolute atomic E-state index is 13.6. The third-order valence-electron chi connectivity index (χ3n) is 2.51. The maximum atomic E-state index is 13.6. The van der Waals surface area contributed by atoms with Gasteiger partial charge >= 0.3 is 0 Å². The summed E-state index contributed by atoms with van der Waals surface area (Å²) in [5.41, 5.74) is 5.67. The predicted octanol–water partition coefficient (Wildman–Crippen LogP) is 4.05. The van der Waals surface area contributed by atoms with Crippen molar-refractivity contribution < 1.29 is 8.78 Å². The van der Waals surface area contributed by atoms with Crippen molar-refractivity contribution >= 4 is 11.6 Å². The van der Waals surface area contributed by atoms with Crippen LogP contribution in [0.3, 0.4) is 0 Å². The van der Waals surface area contributed by atoms with Gasteiger partial charge in [0.2, 0.25) is 0 Å². The van der Waals surface area contributed by atoms with Crippen molar-refractivity contribution in [3.63, 3.8) is 0 Å². The Morgan fingerprint density at radius 1 is 1.25 bits per heavy atom. The van der Waals surface area contributed by atoms with Crippen LogP contribution in [0.5, 0.6) is 0 Å². The quantitative estimate of drug-likeness (QED) is 0.798. The summed E-state index contributed by atoms with van der Waals surface area (Å²) in [6.45, 7) is 4.08. The van der Waals surface area contributed by atoms with Gasteiger partial charge in [0.25, 0.3) is 0 Å². The summed E-state index contributed by atoms with van der Waals surface area (Å²) < 4.78 is 27.0. The molecule has 1 aromatic rings. The molecule has 0 saturated heterocycles. The normalized spacial score (nSPS) is 13.2. The fourth-order valence-corrected chi connectivity index (χ4v) is 1.70. The Kier molecular flexibility index (Phi) is 4.69. The monoisotopic (exact) mass is 247 g/mol. The van der Waals surface area contributed by atoms with Gasteiger partial charge in [0.1, 0.15) is 11.6 Å². The number of nitrogens with two attached hydrogens (primary N) is 1. The van der Waals surface area contributed by atoms with Crippen molar-refractivity contribution in [2.75, 3.05) is 0 Å². The van der Waals surface area contributed by atoms with E-state index in [4.69, 9.17) is 17.3 Å². The molecular formula is C12H16ClF2N. The summed E-state index contributed by atoms with van der Waals surface area (Å²) in [6, 6.07) is 1.71. The highest BCUT2D eigenvalue weighted by molar-refractivity contribution is 6.30. The van der Waals surface area contributed by atoms with E-state index in [2.05, 4.69) is 0 Å². The van der Waals surface area contributed by atoms with Crippen LogP contribution < -0.4 is 5.73 Å². The number of hydrogen-bond acceptors (Lipinski definition) is 1. The molecule has 0 fully saturated rings. The topological polar surface area (TPSA) is 26.0 Å². The highest BCUT2D eigenvalue weighted by Gasteiger charge is 2.19. The molecule has 1 nitrogen and oxygen atoms in total. The first-order valence-corrected chi connectivity index (χ1v) is 5.70. The Labute approximate surface area is 99.6 Å². The second-order valence-corrected chi connectivity index (χ2v) is 4.74. The van der Waals surface area contributed by atoms with E-state index in [0.717, 1.165) is 12.5 Å². The number of benzene rings is 1. The molecule has 0 radical (unpaired) electrons. The Hall–Kier alpha value is -0.670. The van der Waals surface area contributed by atoms with E-state index in [-0.39, 0.29) is 10.6 Å². The standard InChI is InChI=1S/C12H16ClF2N/c1-7(2)3-6-10(16)11-9(14)5-4-8(13)12(11)15/h4-5,7,10H,3,6,16H2,1-2H3/t10-/m0/s1. The Morgan fingerprint density at radius 2 is 1.88 bits per heavy atom. The first-order valence-electron chi connectivity index (χ1n) is 5.32. The van der Waals surface area contributed by atoms with Gasteiger partial charge in [-0.3, -0.25) is 0 Å². The van der Waals surface area contributed by atoms with E-state index in [1.807, 2.05) is 13.8 Å². The molecule has 0 aliphatic rings. The lowest BCUT2D eigenvalue weighted by atomic mass is 9.97. The highest BCUT2D eigenvalue weighted by atomic mass is 35.5. The van der Waals surface area contributed by atoms with E-state index in [1.165, 1.54) is 6.07 Å². The lowest BCUT2D eigenvalue weighted by Gasteiger charge is -2.15. The fraction of sp³-hybridized carbons (Fsp3) is 0.500. The molecule has 0 amide bonds. The van der Waals surface area contributed by atoms with Gasteiger partial charge in [0, 0.05) is 11.6 Å². The molecule has 90 valence electrons. The maximum Gasteiger partial charge on any atom is 0.149 e. The van der Waals surface area contributed by atoms with E-state index < -0.39 is 17.7 Å². The van der Waals surface area contributed by atoms with Gasteiger partial charge in [0.05, 0.1) is 5.02 Å². The molecule has 1 atom stereocenters. The molecule has 0 aliphatic carbocycles. The molecule has 0 aliphatic heterocycles. The molecule has 1 aromatic carbocycles. The summed E-state index contributed by atoms with van der Waals surface area (Å²) in [5.74, 6) is -0.910. The van der Waals surface area contributed by atoms with Gasteiger partial charge in [-0.1, -0.05) is 25.4 Å². The molecule has 0 heterocycles. The average Bonchev–Trinajstić information content (AvgIpc) is 2.21. The summed E-state index contributed by atoms with van der Waals surface area (Å²) in [4.78, 5) is 0. The van der Waals surface area contributed by atoms with Gasteiger partial charge in [-0.05, 0) is 30.9 Å². The summed E-state index contributed by atoms with van der Waals surface area (Å²) in [5, 5.41) is -0.0867. The van der Waals surface area contributed by atoms with Crippen molar-refractivity contribution in [1.29, 1.82) is 0 Å². The summed E-state index contributed by atoms with van der Waals surface area (Å²) >= 11 is 5.60. The second kappa shape index (κ2) is 5.60. The minimum absolute atomic E-state index is 0.0867. The molecule has 2 N–H and O–H groups in total. The van der Waals surface area contributed by atoms with Crippen LogP contribution in [-0.4, -0.2) is 0 Å². The third kappa shape index (κ3) is 3.16. The van der Waals surface area contributed by atoms with Crippen LogP contribution in [0.1, 0.15) is 38.3 Å². The second-order valence-electron chi connectivity index (χ2n) is 4.33. The first kappa shape index (κ1) is 13.4. The molecule has 16 heavy (non-hydrogen) atoms. The van der Waals surface area contributed by atoms with Crippen LogP contribution >= 0.6 is 11.6 Å². The van der Waals surface area contributed by atoms with E-state index in [9.17, 15) is 8.78 Å². The van der Waals surface area contributed by atoms with Crippen LogP contribution in [0.25, 0.3) is 0 Å². The lowest BCUT2D eigenvalue weighted by Crippen LogP contribution is -2.15. The van der Waals surface area contributed by atoms with Gasteiger partial charge in [-0.2, -0.15) is 0 Å². The van der Waals surface area contributed by atoms with Gasteiger partial charge < -0.3 is 5.73 Å². The van der Waals surface area contributed by atoms with Gasteiger partial charge in [-0.15, -0.1) is 0 Å². The van der Waals surface area contributed by atoms with Crippen molar-refractivity contribution in [2.45, 2.75) is 32.7 Å². The Bertz CT molecular complexity index is 366. The van der Waals surface area contributed by atoms with Crippen molar-refractivity contribution in [3.05, 3.63) is 34.4 Å². The number of halogens is 3. The highest BCUT2D eigenvalue weighted by Crippen LogP contribution is 2.28. The van der Waals surface area contributed by atoms with Crippen LogP contribution in [0.15, 0.2) is 12.1 Å². The van der Waals surface area contributed by atoms with Crippen molar-refractivity contribution in [3.8, 4) is 0 Å². The van der Waals surface area contributed by atoms with Crippen LogP contribution in [-0.2, 0) is 0 Å². The summed E-state index contributed by atoms with van der Waals surface area (Å²) in [6.07, 6.45) is 1.37. The molecule has 0 bridgehead atoms. The number of hydrogen-bond donors (Lipinski definition) is 1. The van der Waals surface area contributed by atoms with Crippen molar-refractivity contribution in [2.24, 2.45) is 11.7 Å². The molecule has 1 rings (SSSR count). The summed E-state index contributed by atoms with van der Waals surface area (Å²) in [7, 11) is 0. The lowest BCUT2D eigenvalue weighted by molar-refractivity contribution is 0.469. The Balaban J connectivity index is 2.90. The smallest absolute Gasteiger partial charge is 0.149 e. The predicted molar refractivity (Wildman–Crippen MR) is 62.4 cm³/mol. The average molecular weight is 248 g/mol. The largest absolute Gasteiger partial charge is 0.324 e. The minimum Gasteiger partial charge on any atom is -0.324 e. The first-order chi connectivity index (χ1) is 7.43. The van der Waals surface area contributed by atoms with Crippen LogP contribution in [0.4, 0.5) is 8.78 Å². The molecule has 0 saturated carbocycles. The molecule has 4 heteroatoms. The van der Waals surface area contributed by atoms with E-state index in [0.29, 0.717) is 12.3 Å². The van der Waals surface area contributed by atoms with Gasteiger partial charge in [-0.25, -0.2) is 8.78 Å². The fourth-order valence-electron chi connectivity index (χ4n) is 1.54. The molecule has 0 spiro atoms. The molecule has 0 aromatic heterocycles. The molecular weight excluding hydrogens is 232 g/mol. The van der Waals surface area contributed by atoms with Gasteiger partial charge in [0.15, 0.2) is 0 Å². The molecule has 0 unspecified atom stereocenters. The van der Waals surface area contributed by atoms with Crippen LogP contribution in [0.2, 0.25) is 5.02 Å². The zero-order chi connectivity index (χ0) is 12.3.